The molecule has 1 unspecified atom stereocenters. The number of quaternary nitrogens is 1. The van der Waals surface area contributed by atoms with Gasteiger partial charge in [0.15, 0.2) is 5.78 Å². The highest BCUT2D eigenvalue weighted by molar-refractivity contribution is 6.44. The topological polar surface area (TPSA) is 43.4 Å². The van der Waals surface area contributed by atoms with Crippen LogP contribution < -0.4 is 0 Å². The maximum Gasteiger partial charge on any atom is 0.320 e. The average Bonchev–Trinajstić information content (AvgIpc) is 2.45. The van der Waals surface area contributed by atoms with Crippen molar-refractivity contribution in [3.63, 3.8) is 0 Å². The number of benzene rings is 1. The molecule has 0 fully saturated rings. The minimum Gasteiger partial charge on any atom is -0.465 e. The number of esters is 1. The highest BCUT2D eigenvalue weighted by atomic mass is 35.5. The zero-order chi connectivity index (χ0) is 17.7. The number of hydrogen-bond donors (Lipinski definition) is 0. The predicted molar refractivity (Wildman–Crippen MR) is 91.9 cm³/mol. The number of carbonyl (C=O) groups excluding carboxylic acids is 2. The van der Waals surface area contributed by atoms with Gasteiger partial charge in [0.1, 0.15) is 16.6 Å². The van der Waals surface area contributed by atoms with Gasteiger partial charge < -0.3 is 9.22 Å². The van der Waals surface area contributed by atoms with Crippen LogP contribution >= 0.6 is 11.6 Å². The monoisotopic (exact) mass is 338 g/mol. The molecule has 4 nitrogen and oxygen atoms in total. The number of ketones is 1. The molecule has 0 radical (unpaired) electrons. The Morgan fingerprint density at radius 3 is 2.26 bits per heavy atom. The Morgan fingerprint density at radius 2 is 1.78 bits per heavy atom. The molecule has 1 aromatic rings. The second-order valence-electron chi connectivity index (χ2n) is 6.64. The van der Waals surface area contributed by atoms with E-state index in [2.05, 4.69) is 0 Å². The molecule has 0 spiro atoms. The van der Waals surface area contributed by atoms with E-state index in [-0.39, 0.29) is 18.1 Å². The van der Waals surface area contributed by atoms with E-state index in [1.54, 1.807) is 20.0 Å². The molecule has 1 atom stereocenters. The molecule has 5 heteroatoms. The fraction of sp³-hybridized carbons (Fsp3) is 0.444. The van der Waals surface area contributed by atoms with E-state index in [1.165, 1.54) is 0 Å². The van der Waals surface area contributed by atoms with Gasteiger partial charge in [-0.15, -0.1) is 0 Å². The van der Waals surface area contributed by atoms with Crippen LogP contribution in [0, 0.1) is 5.41 Å². The van der Waals surface area contributed by atoms with Crippen LogP contribution in [0.5, 0.6) is 0 Å². The third-order valence-corrected chi connectivity index (χ3v) is 3.61. The number of allylic oxidation sites excluding steroid dienone is 1. The third kappa shape index (κ3) is 5.48. The summed E-state index contributed by atoms with van der Waals surface area (Å²) >= 11 is 6.20. The standard InChI is InChI=1S/C18H25ClNO3/c1-6-23-17(22)18(2,12-14-10-8-7-9-11-14)16(21)15(19)13-20(3,4)5/h7-11,13H,6,12H2,1-5H3/q+1. The molecule has 0 saturated heterocycles. The van der Waals surface area contributed by atoms with Gasteiger partial charge in [-0.2, -0.15) is 0 Å². The van der Waals surface area contributed by atoms with Crippen LogP contribution in [-0.4, -0.2) is 44.0 Å². The van der Waals surface area contributed by atoms with Crippen LogP contribution in [-0.2, 0) is 20.7 Å². The van der Waals surface area contributed by atoms with Gasteiger partial charge in [0.25, 0.3) is 0 Å². The van der Waals surface area contributed by atoms with Gasteiger partial charge in [0.2, 0.25) is 0 Å². The quantitative estimate of drug-likeness (QED) is 0.332. The largest absolute Gasteiger partial charge is 0.465 e. The highest BCUT2D eigenvalue weighted by Gasteiger charge is 2.44. The van der Waals surface area contributed by atoms with Gasteiger partial charge in [0.05, 0.1) is 27.7 Å². The zero-order valence-electron chi connectivity index (χ0n) is 14.4. The zero-order valence-corrected chi connectivity index (χ0v) is 15.2. The Bertz CT molecular complexity index is 590. The molecule has 1 rings (SSSR count). The second kappa shape index (κ2) is 7.75. The van der Waals surface area contributed by atoms with Crippen molar-refractivity contribution in [2.45, 2.75) is 20.3 Å². The van der Waals surface area contributed by atoms with E-state index in [9.17, 15) is 9.59 Å². The van der Waals surface area contributed by atoms with Crippen LogP contribution in [0.3, 0.4) is 0 Å². The maximum atomic E-state index is 12.9. The van der Waals surface area contributed by atoms with Crippen LogP contribution in [0.1, 0.15) is 19.4 Å². The van der Waals surface area contributed by atoms with Crippen molar-refractivity contribution in [1.82, 2.24) is 0 Å². The summed E-state index contributed by atoms with van der Waals surface area (Å²) in [5.74, 6) is -0.976. The van der Waals surface area contributed by atoms with Gasteiger partial charge in [-0.05, 0) is 25.8 Å². The first-order valence-corrected chi connectivity index (χ1v) is 7.93. The normalized spacial score (nSPS) is 15.0. The van der Waals surface area contributed by atoms with Crippen molar-refractivity contribution in [2.75, 3.05) is 27.7 Å². The molecule has 23 heavy (non-hydrogen) atoms. The fourth-order valence-electron chi connectivity index (χ4n) is 2.20. The lowest BCUT2D eigenvalue weighted by Gasteiger charge is -2.26. The number of halogens is 1. The van der Waals surface area contributed by atoms with Gasteiger partial charge in [0, 0.05) is 0 Å². The number of nitrogens with zero attached hydrogens (tertiary/aromatic N) is 1. The van der Waals surface area contributed by atoms with Crippen LogP contribution in [0.25, 0.3) is 0 Å². The smallest absolute Gasteiger partial charge is 0.320 e. The Morgan fingerprint density at radius 1 is 1.22 bits per heavy atom. The predicted octanol–water partition coefficient (Wildman–Crippen LogP) is 3.15. The number of Topliss-reactive ketones (excluding diaryl/α,β-unsaturated/α-hetero) is 1. The van der Waals surface area contributed by atoms with E-state index < -0.39 is 17.2 Å². The molecule has 0 aliphatic rings. The lowest BCUT2D eigenvalue weighted by Crippen LogP contribution is -2.41. The summed E-state index contributed by atoms with van der Waals surface area (Å²) in [6.45, 7) is 3.52. The molecular weight excluding hydrogens is 314 g/mol. The average molecular weight is 339 g/mol. The van der Waals surface area contributed by atoms with Crippen LogP contribution in [0.2, 0.25) is 0 Å². The minimum absolute atomic E-state index is 0.0454. The van der Waals surface area contributed by atoms with E-state index in [0.717, 1.165) is 5.56 Å². The first kappa shape index (κ1) is 19.4. The van der Waals surface area contributed by atoms with Gasteiger partial charge in [-0.3, -0.25) is 9.59 Å². The Balaban J connectivity index is 3.21. The summed E-state index contributed by atoms with van der Waals surface area (Å²) < 4.78 is 5.51. The van der Waals surface area contributed by atoms with Gasteiger partial charge >= 0.3 is 5.97 Å². The van der Waals surface area contributed by atoms with E-state index >= 15 is 0 Å². The number of ether oxygens (including phenoxy) is 1. The van der Waals surface area contributed by atoms with Crippen LogP contribution in [0.15, 0.2) is 41.6 Å². The van der Waals surface area contributed by atoms with Crippen molar-refractivity contribution >= 4 is 23.4 Å². The molecule has 0 bridgehead atoms. The first-order chi connectivity index (χ1) is 10.6. The highest BCUT2D eigenvalue weighted by Crippen LogP contribution is 2.30. The summed E-state index contributed by atoms with van der Waals surface area (Å²) in [7, 11) is 5.65. The first-order valence-electron chi connectivity index (χ1n) is 7.55. The number of hydrogen-bond acceptors (Lipinski definition) is 3. The summed E-state index contributed by atoms with van der Waals surface area (Å²) in [5.41, 5.74) is -0.466. The summed E-state index contributed by atoms with van der Waals surface area (Å²) in [5, 5.41) is 0.0454. The molecule has 1 aromatic carbocycles. The Kier molecular flexibility index (Phi) is 6.54. The molecule has 0 heterocycles. The van der Waals surface area contributed by atoms with E-state index in [0.29, 0.717) is 4.48 Å². The van der Waals surface area contributed by atoms with Crippen molar-refractivity contribution in [3.05, 3.63) is 47.1 Å². The molecule has 0 amide bonds. The van der Waals surface area contributed by atoms with Crippen molar-refractivity contribution < 1.29 is 18.8 Å². The lowest BCUT2D eigenvalue weighted by atomic mass is 9.79. The molecule has 0 saturated carbocycles. The Hall–Kier alpha value is -1.65. The molecule has 126 valence electrons. The summed E-state index contributed by atoms with van der Waals surface area (Å²) in [6, 6.07) is 9.38. The van der Waals surface area contributed by atoms with Crippen molar-refractivity contribution in [3.8, 4) is 0 Å². The SMILES string of the molecule is CCOC(=O)C(C)(Cc1ccccc1)C(=O)C(Cl)=C[N+](C)(C)C. The maximum absolute atomic E-state index is 12.9. The fourth-order valence-corrected chi connectivity index (χ4v) is 2.70. The van der Waals surface area contributed by atoms with E-state index in [1.807, 2.05) is 51.5 Å². The summed E-state index contributed by atoms with van der Waals surface area (Å²) in [4.78, 5) is 25.3. The summed E-state index contributed by atoms with van der Waals surface area (Å²) in [6.07, 6.45) is 1.86. The molecule has 0 aromatic heterocycles. The van der Waals surface area contributed by atoms with Crippen molar-refractivity contribution in [2.24, 2.45) is 5.41 Å². The molecule has 0 N–H and O–H groups in total. The molecular formula is C18H25ClNO3+. The van der Waals surface area contributed by atoms with Crippen molar-refractivity contribution in [1.29, 1.82) is 0 Å². The van der Waals surface area contributed by atoms with Gasteiger partial charge in [-0.25, -0.2) is 0 Å². The van der Waals surface area contributed by atoms with Crippen LogP contribution in [0.4, 0.5) is 0 Å². The molecule has 0 aliphatic carbocycles. The van der Waals surface area contributed by atoms with Gasteiger partial charge in [-0.1, -0.05) is 41.9 Å². The minimum atomic E-state index is -1.35. The number of rotatable bonds is 7. The number of carbonyl (C=O) groups is 2. The lowest BCUT2D eigenvalue weighted by molar-refractivity contribution is -0.817. The third-order valence-electron chi connectivity index (χ3n) is 3.35. The Labute approximate surface area is 143 Å². The molecule has 0 aliphatic heterocycles. The van der Waals surface area contributed by atoms with E-state index in [4.69, 9.17) is 16.3 Å². The second-order valence-corrected chi connectivity index (χ2v) is 7.04.